The number of phenols is 1. The summed E-state index contributed by atoms with van der Waals surface area (Å²) in [6, 6.07) is 5.87. The van der Waals surface area contributed by atoms with E-state index in [0.29, 0.717) is 12.3 Å². The van der Waals surface area contributed by atoms with Gasteiger partial charge < -0.3 is 15.5 Å². The van der Waals surface area contributed by atoms with E-state index in [1.807, 2.05) is 6.92 Å². The number of aliphatic hydroxyl groups is 1. The molecule has 1 fully saturated rings. The first-order valence-electron chi connectivity index (χ1n) is 10.2. The number of nitrogens with one attached hydrogen (secondary N) is 1. The number of ketones is 1. The van der Waals surface area contributed by atoms with Gasteiger partial charge in [0.2, 0.25) is 0 Å². The van der Waals surface area contributed by atoms with E-state index in [1.54, 1.807) is 24.3 Å². The number of aromatic hydroxyl groups is 1. The van der Waals surface area contributed by atoms with Crippen molar-refractivity contribution in [2.75, 3.05) is 0 Å². The van der Waals surface area contributed by atoms with Crippen molar-refractivity contribution in [1.29, 1.82) is 0 Å². The highest BCUT2D eigenvalue weighted by atomic mass is 16.3. The molecule has 0 spiro atoms. The number of allylic oxidation sites excluding steroid dienone is 5. The number of amides is 1. The Bertz CT molecular complexity index is 925. The maximum absolute atomic E-state index is 13.0. The molecule has 5 nitrogen and oxygen atoms in total. The SMILES string of the molecule is CC1=CC[C@@H]2[C@@H](/C(O)=C3/C(=O)N[C@@H](Cc4ccc(O)cc4)C3=O)[C@@H](C)C=C[C@H]2C1. The highest BCUT2D eigenvalue weighted by Gasteiger charge is 2.44. The van der Waals surface area contributed by atoms with Gasteiger partial charge in [-0.1, -0.05) is 42.9 Å². The quantitative estimate of drug-likeness (QED) is 0.317. The monoisotopic (exact) mass is 393 g/mol. The molecule has 1 saturated heterocycles. The maximum Gasteiger partial charge on any atom is 0.259 e. The minimum Gasteiger partial charge on any atom is -0.511 e. The van der Waals surface area contributed by atoms with Gasteiger partial charge in [0.05, 0.1) is 6.04 Å². The Balaban J connectivity index is 1.61. The summed E-state index contributed by atoms with van der Waals surface area (Å²) < 4.78 is 0. The van der Waals surface area contributed by atoms with Gasteiger partial charge in [-0.2, -0.15) is 0 Å². The Morgan fingerprint density at radius 3 is 2.62 bits per heavy atom. The third-order valence-electron chi connectivity index (χ3n) is 6.58. The molecule has 1 amide bonds. The van der Waals surface area contributed by atoms with Crippen LogP contribution in [0.25, 0.3) is 0 Å². The molecular weight excluding hydrogens is 366 g/mol. The van der Waals surface area contributed by atoms with Crippen LogP contribution in [0.3, 0.4) is 0 Å². The van der Waals surface area contributed by atoms with E-state index in [0.717, 1.165) is 18.4 Å². The van der Waals surface area contributed by atoms with Gasteiger partial charge in [0.25, 0.3) is 5.91 Å². The number of carbonyl (C=O) groups excluding carboxylic acids is 2. The largest absolute Gasteiger partial charge is 0.511 e. The van der Waals surface area contributed by atoms with Crippen LogP contribution >= 0.6 is 0 Å². The molecule has 0 radical (unpaired) electrons. The van der Waals surface area contributed by atoms with Crippen molar-refractivity contribution in [3.05, 3.63) is 65.0 Å². The second kappa shape index (κ2) is 7.54. The predicted molar refractivity (Wildman–Crippen MR) is 110 cm³/mol. The van der Waals surface area contributed by atoms with Crippen molar-refractivity contribution in [3.8, 4) is 5.75 Å². The molecule has 1 aromatic rings. The zero-order chi connectivity index (χ0) is 20.7. The minimum absolute atomic E-state index is 0.0551. The highest BCUT2D eigenvalue weighted by Crippen LogP contribution is 2.45. The standard InChI is InChI=1S/C24H27NO4/c1-13-3-10-18-16(11-13)7-4-14(2)20(18)23(28)21-22(27)19(25-24(21)29)12-15-5-8-17(26)9-6-15/h3-9,14,16,18-20,26,28H,10-12H2,1-2H3,(H,25,29)/b23-21-/t14-,16-,18-,19-,20-/m0/s1. The fraction of sp³-hybridized carbons (Fsp3) is 0.417. The van der Waals surface area contributed by atoms with Crippen molar-refractivity contribution in [1.82, 2.24) is 5.32 Å². The molecule has 1 aliphatic heterocycles. The first-order valence-corrected chi connectivity index (χ1v) is 10.2. The number of carbonyl (C=O) groups is 2. The van der Waals surface area contributed by atoms with Crippen LogP contribution in [0.4, 0.5) is 0 Å². The number of rotatable bonds is 3. The van der Waals surface area contributed by atoms with E-state index in [-0.39, 0.29) is 40.6 Å². The van der Waals surface area contributed by atoms with Gasteiger partial charge in [0.15, 0.2) is 5.78 Å². The maximum atomic E-state index is 13.0. The second-order valence-corrected chi connectivity index (χ2v) is 8.61. The third kappa shape index (κ3) is 3.61. The summed E-state index contributed by atoms with van der Waals surface area (Å²) in [5.74, 6) is -0.378. The average molecular weight is 393 g/mol. The fourth-order valence-corrected chi connectivity index (χ4v) is 5.02. The molecule has 0 saturated carbocycles. The smallest absolute Gasteiger partial charge is 0.259 e. The molecule has 152 valence electrons. The van der Waals surface area contributed by atoms with E-state index in [2.05, 4.69) is 30.5 Å². The molecule has 1 aromatic carbocycles. The summed E-state index contributed by atoms with van der Waals surface area (Å²) in [7, 11) is 0. The molecular formula is C24H27NO4. The van der Waals surface area contributed by atoms with Crippen LogP contribution in [0.15, 0.2) is 59.4 Å². The van der Waals surface area contributed by atoms with Gasteiger partial charge in [-0.15, -0.1) is 0 Å². The summed E-state index contributed by atoms with van der Waals surface area (Å²) in [5, 5.41) is 23.3. The summed E-state index contributed by atoms with van der Waals surface area (Å²) in [4.78, 5) is 25.6. The Morgan fingerprint density at radius 1 is 1.17 bits per heavy atom. The van der Waals surface area contributed by atoms with Crippen LogP contribution < -0.4 is 5.32 Å². The summed E-state index contributed by atoms with van der Waals surface area (Å²) in [6.07, 6.45) is 8.67. The normalized spacial score (nSPS) is 33.2. The van der Waals surface area contributed by atoms with Crippen LogP contribution in [0, 0.1) is 23.7 Å². The van der Waals surface area contributed by atoms with Gasteiger partial charge in [-0.3, -0.25) is 9.59 Å². The Kier molecular flexibility index (Phi) is 5.07. The third-order valence-corrected chi connectivity index (χ3v) is 6.58. The fourth-order valence-electron chi connectivity index (χ4n) is 5.02. The number of hydrogen-bond acceptors (Lipinski definition) is 4. The Labute approximate surface area is 170 Å². The van der Waals surface area contributed by atoms with E-state index < -0.39 is 11.9 Å². The van der Waals surface area contributed by atoms with Crippen LogP contribution in [-0.4, -0.2) is 27.9 Å². The van der Waals surface area contributed by atoms with E-state index >= 15 is 0 Å². The van der Waals surface area contributed by atoms with Gasteiger partial charge in [0.1, 0.15) is 17.1 Å². The molecule has 0 bridgehead atoms. The molecule has 0 unspecified atom stereocenters. The van der Waals surface area contributed by atoms with Crippen LogP contribution in [0.1, 0.15) is 32.3 Å². The van der Waals surface area contributed by atoms with Gasteiger partial charge in [0, 0.05) is 12.3 Å². The lowest BCUT2D eigenvalue weighted by Gasteiger charge is -2.40. The number of benzene rings is 1. The zero-order valence-electron chi connectivity index (χ0n) is 16.8. The van der Waals surface area contributed by atoms with E-state index in [1.165, 1.54) is 5.57 Å². The van der Waals surface area contributed by atoms with E-state index in [4.69, 9.17) is 0 Å². The lowest BCUT2D eigenvalue weighted by Crippen LogP contribution is -2.34. The molecule has 3 N–H and O–H groups in total. The van der Waals surface area contributed by atoms with Crippen LogP contribution in [0.5, 0.6) is 5.75 Å². The molecule has 5 heteroatoms. The van der Waals surface area contributed by atoms with Gasteiger partial charge in [-0.25, -0.2) is 0 Å². The number of fused-ring (bicyclic) bond motifs is 1. The van der Waals surface area contributed by atoms with Gasteiger partial charge in [-0.05, 0) is 55.2 Å². The second-order valence-electron chi connectivity index (χ2n) is 8.61. The summed E-state index contributed by atoms with van der Waals surface area (Å²) >= 11 is 0. The minimum atomic E-state index is -0.692. The lowest BCUT2D eigenvalue weighted by molar-refractivity contribution is -0.117. The molecule has 0 aromatic heterocycles. The Hall–Kier alpha value is -2.82. The number of Topliss-reactive ketones (excluding diaryl/α,β-unsaturated/α-hetero) is 1. The summed E-state index contributed by atoms with van der Waals surface area (Å²) in [5.41, 5.74) is 2.11. The topological polar surface area (TPSA) is 86.6 Å². The average Bonchev–Trinajstić information content (AvgIpc) is 2.96. The molecule has 29 heavy (non-hydrogen) atoms. The predicted octanol–water partition coefficient (Wildman–Crippen LogP) is 3.61. The van der Waals surface area contributed by atoms with Crippen molar-refractivity contribution in [3.63, 3.8) is 0 Å². The lowest BCUT2D eigenvalue weighted by atomic mass is 9.64. The first-order chi connectivity index (χ1) is 13.8. The number of aliphatic hydroxyl groups excluding tert-OH is 1. The molecule has 4 rings (SSSR count). The van der Waals surface area contributed by atoms with Gasteiger partial charge >= 0.3 is 0 Å². The van der Waals surface area contributed by atoms with Crippen molar-refractivity contribution < 1.29 is 19.8 Å². The van der Waals surface area contributed by atoms with Crippen molar-refractivity contribution in [2.24, 2.45) is 23.7 Å². The molecule has 3 aliphatic rings. The molecule has 1 heterocycles. The molecule has 5 atom stereocenters. The zero-order valence-corrected chi connectivity index (χ0v) is 16.8. The van der Waals surface area contributed by atoms with Crippen LogP contribution in [0.2, 0.25) is 0 Å². The van der Waals surface area contributed by atoms with Crippen molar-refractivity contribution in [2.45, 2.75) is 39.2 Å². The van der Waals surface area contributed by atoms with Crippen molar-refractivity contribution >= 4 is 11.7 Å². The Morgan fingerprint density at radius 2 is 1.90 bits per heavy atom. The van der Waals surface area contributed by atoms with Crippen LogP contribution in [-0.2, 0) is 16.0 Å². The highest BCUT2D eigenvalue weighted by molar-refractivity contribution is 6.27. The number of phenolic OH excluding ortho intramolecular Hbond substituents is 1. The summed E-state index contributed by atoms with van der Waals surface area (Å²) in [6.45, 7) is 4.15. The molecule has 2 aliphatic carbocycles. The number of hydrogen-bond donors (Lipinski definition) is 3. The van der Waals surface area contributed by atoms with E-state index in [9.17, 15) is 19.8 Å². The first kappa shape index (κ1) is 19.5.